The van der Waals surface area contributed by atoms with Crippen molar-refractivity contribution in [1.82, 2.24) is 14.5 Å². The highest BCUT2D eigenvalue weighted by atomic mass is 16.2. The average Bonchev–Trinajstić information content (AvgIpc) is 3.00. The summed E-state index contributed by atoms with van der Waals surface area (Å²) in [6.45, 7) is 1.45. The molecule has 1 amide bonds. The third kappa shape index (κ3) is 3.10. The lowest BCUT2D eigenvalue weighted by molar-refractivity contribution is -0.114. The zero-order valence-electron chi connectivity index (χ0n) is 13.4. The van der Waals surface area contributed by atoms with Crippen molar-refractivity contribution >= 4 is 34.4 Å². The molecule has 7 heteroatoms. The fourth-order valence-corrected chi connectivity index (χ4v) is 2.52. The van der Waals surface area contributed by atoms with Crippen LogP contribution in [-0.4, -0.2) is 33.4 Å². The molecule has 24 heavy (non-hydrogen) atoms. The van der Waals surface area contributed by atoms with Crippen molar-refractivity contribution in [2.24, 2.45) is 0 Å². The molecule has 0 bridgehead atoms. The van der Waals surface area contributed by atoms with Gasteiger partial charge in [-0.2, -0.15) is 0 Å². The largest absolute Gasteiger partial charge is 0.372 e. The summed E-state index contributed by atoms with van der Waals surface area (Å²) in [5, 5.41) is 6.48. The molecule has 0 spiro atoms. The fourth-order valence-electron chi connectivity index (χ4n) is 2.52. The van der Waals surface area contributed by atoms with E-state index in [0.29, 0.717) is 17.2 Å². The van der Waals surface area contributed by atoms with Gasteiger partial charge >= 0.3 is 0 Å². The van der Waals surface area contributed by atoms with Crippen LogP contribution in [0.1, 0.15) is 17.3 Å². The predicted octanol–water partition coefficient (Wildman–Crippen LogP) is 2.31. The summed E-state index contributed by atoms with van der Waals surface area (Å²) >= 11 is 0. The number of rotatable bonds is 4. The molecule has 1 aromatic carbocycles. The second-order valence-electron chi connectivity index (χ2n) is 5.34. The highest BCUT2D eigenvalue weighted by Gasteiger charge is 2.13. The van der Waals surface area contributed by atoms with Crippen LogP contribution in [0.15, 0.2) is 42.9 Å². The smallest absolute Gasteiger partial charge is 0.236 e. The van der Waals surface area contributed by atoms with Gasteiger partial charge in [0.15, 0.2) is 5.65 Å². The van der Waals surface area contributed by atoms with Gasteiger partial charge in [0.1, 0.15) is 12.1 Å². The van der Waals surface area contributed by atoms with Crippen LogP contribution in [0.2, 0.25) is 0 Å². The van der Waals surface area contributed by atoms with Crippen molar-refractivity contribution in [3.63, 3.8) is 0 Å². The number of hydrogen-bond acceptors (Lipinski definition) is 5. The van der Waals surface area contributed by atoms with Crippen molar-refractivity contribution in [3.05, 3.63) is 48.4 Å². The fraction of sp³-hybridized carbons (Fsp3) is 0.176. The summed E-state index contributed by atoms with van der Waals surface area (Å²) in [4.78, 5) is 31.9. The monoisotopic (exact) mass is 323 g/mol. The molecular formula is C17H17N5O2. The number of benzene rings is 1. The van der Waals surface area contributed by atoms with Gasteiger partial charge in [-0.1, -0.05) is 12.1 Å². The van der Waals surface area contributed by atoms with Gasteiger partial charge in [-0.05, 0) is 23.8 Å². The van der Waals surface area contributed by atoms with Crippen LogP contribution in [0.4, 0.5) is 11.5 Å². The lowest BCUT2D eigenvalue weighted by Crippen LogP contribution is -2.13. The second kappa shape index (κ2) is 6.49. The minimum Gasteiger partial charge on any atom is -0.372 e. The van der Waals surface area contributed by atoms with Crippen molar-refractivity contribution in [2.45, 2.75) is 13.3 Å². The molecule has 2 aromatic heterocycles. The molecule has 0 saturated carbocycles. The zero-order valence-corrected chi connectivity index (χ0v) is 13.4. The van der Waals surface area contributed by atoms with E-state index in [1.807, 2.05) is 18.2 Å². The first-order valence-corrected chi connectivity index (χ1v) is 7.48. The van der Waals surface area contributed by atoms with Crippen molar-refractivity contribution in [1.29, 1.82) is 0 Å². The molecule has 3 rings (SSSR count). The molecule has 0 aliphatic rings. The Labute approximate surface area is 138 Å². The number of aromatic nitrogens is 3. The van der Waals surface area contributed by atoms with E-state index < -0.39 is 0 Å². The van der Waals surface area contributed by atoms with E-state index >= 15 is 0 Å². The van der Waals surface area contributed by atoms with E-state index in [9.17, 15) is 9.59 Å². The number of anilines is 2. The average molecular weight is 323 g/mol. The summed E-state index contributed by atoms with van der Waals surface area (Å²) in [5.41, 5.74) is 2.14. The van der Waals surface area contributed by atoms with Gasteiger partial charge in [-0.3, -0.25) is 14.2 Å². The van der Waals surface area contributed by atoms with Gasteiger partial charge in [0.05, 0.1) is 11.8 Å². The molecule has 0 fully saturated rings. The van der Waals surface area contributed by atoms with E-state index in [4.69, 9.17) is 0 Å². The number of nitrogens with zero attached hydrogens (tertiary/aromatic N) is 3. The van der Waals surface area contributed by atoms with Crippen molar-refractivity contribution in [3.8, 4) is 0 Å². The van der Waals surface area contributed by atoms with E-state index in [2.05, 4.69) is 20.6 Å². The summed E-state index contributed by atoms with van der Waals surface area (Å²) in [7, 11) is 1.78. The second-order valence-corrected chi connectivity index (χ2v) is 5.34. The van der Waals surface area contributed by atoms with Crippen LogP contribution in [0.3, 0.4) is 0 Å². The van der Waals surface area contributed by atoms with Crippen LogP contribution < -0.4 is 10.6 Å². The number of amides is 1. The molecule has 7 nitrogen and oxygen atoms in total. The number of carbonyl (C=O) groups is 2. The topological polar surface area (TPSA) is 88.9 Å². The number of fused-ring (bicyclic) bond motifs is 1. The highest BCUT2D eigenvalue weighted by molar-refractivity contribution is 5.95. The van der Waals surface area contributed by atoms with Gasteiger partial charge in [-0.25, -0.2) is 9.97 Å². The van der Waals surface area contributed by atoms with E-state index in [1.165, 1.54) is 17.8 Å². The first kappa shape index (κ1) is 15.7. The Hall–Kier alpha value is -3.22. The Bertz CT molecular complexity index is 899. The van der Waals surface area contributed by atoms with Gasteiger partial charge in [-0.15, -0.1) is 0 Å². The number of hydrogen-bond donors (Lipinski definition) is 2. The van der Waals surface area contributed by atoms with Crippen LogP contribution in [0.25, 0.3) is 11.0 Å². The zero-order chi connectivity index (χ0) is 17.1. The van der Waals surface area contributed by atoms with E-state index in [-0.39, 0.29) is 18.2 Å². The molecule has 2 heterocycles. The third-order valence-electron chi connectivity index (χ3n) is 3.62. The minimum absolute atomic E-state index is 0.0852. The minimum atomic E-state index is -0.127. The van der Waals surface area contributed by atoms with E-state index in [0.717, 1.165) is 10.9 Å². The molecule has 0 unspecified atom stereocenters. The Morgan fingerprint density at radius 3 is 2.54 bits per heavy atom. The summed E-state index contributed by atoms with van der Waals surface area (Å²) in [6.07, 6.45) is 3.37. The van der Waals surface area contributed by atoms with Gasteiger partial charge in [0.2, 0.25) is 11.8 Å². The molecule has 0 saturated heterocycles. The van der Waals surface area contributed by atoms with Crippen LogP contribution in [0.5, 0.6) is 0 Å². The van der Waals surface area contributed by atoms with Crippen LogP contribution in [0, 0.1) is 0 Å². The lowest BCUT2D eigenvalue weighted by atomic mass is 10.1. The van der Waals surface area contributed by atoms with Gasteiger partial charge in [0.25, 0.3) is 0 Å². The molecular weight excluding hydrogens is 306 g/mol. The highest BCUT2D eigenvalue weighted by Crippen LogP contribution is 2.20. The SMILES string of the molecule is CNc1ncnc2c1ccn2C(=O)Cc1ccc(NC(C)=O)cc1. The molecule has 0 atom stereocenters. The van der Waals surface area contributed by atoms with Gasteiger partial charge in [0, 0.05) is 25.9 Å². The number of carbonyl (C=O) groups excluding carboxylic acids is 2. The molecule has 122 valence electrons. The maximum Gasteiger partial charge on any atom is 0.236 e. The quantitative estimate of drug-likeness (QED) is 0.769. The molecule has 2 N–H and O–H groups in total. The maximum absolute atomic E-state index is 12.6. The Morgan fingerprint density at radius 2 is 1.88 bits per heavy atom. The first-order chi connectivity index (χ1) is 11.6. The third-order valence-corrected chi connectivity index (χ3v) is 3.62. The Kier molecular flexibility index (Phi) is 4.24. The standard InChI is InChI=1S/C17H17N5O2/c1-11(23)21-13-5-3-12(4-6-13)9-15(24)22-8-7-14-16(18-2)19-10-20-17(14)22/h3-8,10H,9H2,1-2H3,(H,21,23)(H,18,19,20). The summed E-state index contributed by atoms with van der Waals surface area (Å²) in [5.74, 6) is 0.474. The van der Waals surface area contributed by atoms with Crippen molar-refractivity contribution in [2.75, 3.05) is 17.7 Å². The lowest BCUT2D eigenvalue weighted by Gasteiger charge is -2.06. The molecule has 0 aliphatic heterocycles. The predicted molar refractivity (Wildman–Crippen MR) is 92.2 cm³/mol. The normalized spacial score (nSPS) is 10.6. The van der Waals surface area contributed by atoms with Gasteiger partial charge < -0.3 is 10.6 Å². The first-order valence-electron chi connectivity index (χ1n) is 7.48. The molecule has 3 aromatic rings. The van der Waals surface area contributed by atoms with E-state index in [1.54, 1.807) is 25.4 Å². The summed E-state index contributed by atoms with van der Waals surface area (Å²) in [6, 6.07) is 9.02. The summed E-state index contributed by atoms with van der Waals surface area (Å²) < 4.78 is 1.53. The maximum atomic E-state index is 12.6. The molecule has 0 radical (unpaired) electrons. The van der Waals surface area contributed by atoms with Crippen molar-refractivity contribution < 1.29 is 9.59 Å². The Balaban J connectivity index is 1.81. The molecule has 0 aliphatic carbocycles. The van der Waals surface area contributed by atoms with Crippen LogP contribution in [-0.2, 0) is 11.2 Å². The van der Waals surface area contributed by atoms with Crippen LogP contribution >= 0.6 is 0 Å². The Morgan fingerprint density at radius 1 is 1.12 bits per heavy atom. The number of nitrogens with one attached hydrogen (secondary N) is 2.